The smallest absolute Gasteiger partial charge is 0.320 e. The fourth-order valence-corrected chi connectivity index (χ4v) is 7.77. The van der Waals surface area contributed by atoms with Gasteiger partial charge in [-0.05, 0) is 59.8 Å². The van der Waals surface area contributed by atoms with Gasteiger partial charge in [-0.3, -0.25) is 19.3 Å². The Morgan fingerprint density at radius 2 is 1.78 bits per heavy atom. The number of amides is 1. The molecule has 202 valence electrons. The number of hydrogen-bond donors (Lipinski definition) is 0. The van der Waals surface area contributed by atoms with Crippen LogP contribution >= 0.6 is 0 Å². The average molecular weight is 507 g/mol. The van der Waals surface area contributed by atoms with E-state index in [1.165, 1.54) is 0 Å². The van der Waals surface area contributed by atoms with Crippen LogP contribution in [-0.4, -0.2) is 96.0 Å². The van der Waals surface area contributed by atoms with Gasteiger partial charge < -0.3 is 23.8 Å². The van der Waals surface area contributed by atoms with Crippen molar-refractivity contribution in [1.29, 1.82) is 0 Å². The minimum Gasteiger partial charge on any atom is -0.459 e. The summed E-state index contributed by atoms with van der Waals surface area (Å²) in [5.41, 5.74) is -0.946. The van der Waals surface area contributed by atoms with Gasteiger partial charge in [0.2, 0.25) is 5.91 Å². The van der Waals surface area contributed by atoms with Crippen LogP contribution in [0.15, 0.2) is 0 Å². The van der Waals surface area contributed by atoms with Crippen LogP contribution in [0.2, 0.25) is 0 Å². The lowest BCUT2D eigenvalue weighted by molar-refractivity contribution is -0.176. The number of ether oxygens (including phenoxy) is 4. The van der Waals surface area contributed by atoms with Gasteiger partial charge in [0.15, 0.2) is 0 Å². The number of fused-ring (bicyclic) bond motifs is 5. The molecule has 1 saturated carbocycles. The third-order valence-corrected chi connectivity index (χ3v) is 9.39. The molecule has 1 aliphatic carbocycles. The van der Waals surface area contributed by atoms with Gasteiger partial charge in [0.25, 0.3) is 0 Å². The van der Waals surface area contributed by atoms with E-state index >= 15 is 0 Å². The number of hydrogen-bond acceptors (Lipinski definition) is 8. The molecule has 36 heavy (non-hydrogen) atoms. The monoisotopic (exact) mass is 506 g/mol. The molecule has 9 heteroatoms. The molecular weight excluding hydrogens is 464 g/mol. The molecule has 0 spiro atoms. The maximum absolute atomic E-state index is 13.8. The number of nitrogens with zero attached hydrogens (tertiary/aromatic N) is 2. The lowest BCUT2D eigenvalue weighted by atomic mass is 9.68. The molecule has 0 radical (unpaired) electrons. The molecule has 5 fully saturated rings. The van der Waals surface area contributed by atoms with Gasteiger partial charge in [-0.1, -0.05) is 6.92 Å². The Morgan fingerprint density at radius 3 is 2.39 bits per heavy atom. The van der Waals surface area contributed by atoms with Crippen molar-refractivity contribution in [3.63, 3.8) is 0 Å². The van der Waals surface area contributed by atoms with Crippen molar-refractivity contribution < 1.29 is 33.3 Å². The standard InChI is InChI=1S/C27H42N2O7/c1-6-27(9-7-8-10-27)36-25(32)19-21-18-20(26(4,5)29(16(2)3)24(18)31)23(35-21)22(19)34-17(30)15-28-11-13-33-14-12-28/h16,18-23H,6-15H2,1-5H3. The van der Waals surface area contributed by atoms with Gasteiger partial charge in [0.05, 0.1) is 31.8 Å². The summed E-state index contributed by atoms with van der Waals surface area (Å²) in [5, 5.41) is 0. The second kappa shape index (κ2) is 9.55. The molecule has 0 aromatic carbocycles. The van der Waals surface area contributed by atoms with Crippen LogP contribution in [0.1, 0.15) is 66.7 Å². The maximum Gasteiger partial charge on any atom is 0.320 e. The first-order valence-electron chi connectivity index (χ1n) is 13.8. The van der Waals surface area contributed by atoms with E-state index in [1.807, 2.05) is 23.6 Å². The first-order valence-corrected chi connectivity index (χ1v) is 13.8. The van der Waals surface area contributed by atoms with Crippen LogP contribution in [0, 0.1) is 17.8 Å². The SMILES string of the molecule is CCC1(OC(=O)C2C(OC(=O)CN3CCOCC3)C3OC2C2C(=O)N(C(C)C)C(C)(C)C32)CCCC1. The summed E-state index contributed by atoms with van der Waals surface area (Å²) in [6.07, 6.45) is 2.59. The number of likely N-dealkylation sites (tertiary alicyclic amines) is 1. The van der Waals surface area contributed by atoms with Gasteiger partial charge in [-0.25, -0.2) is 0 Å². The Morgan fingerprint density at radius 1 is 1.11 bits per heavy atom. The predicted molar refractivity (Wildman–Crippen MR) is 130 cm³/mol. The fourth-order valence-electron chi connectivity index (χ4n) is 7.77. The Bertz CT molecular complexity index is 877. The molecular formula is C27H42N2O7. The summed E-state index contributed by atoms with van der Waals surface area (Å²) in [6, 6.07) is 0.0204. The van der Waals surface area contributed by atoms with Crippen molar-refractivity contribution in [1.82, 2.24) is 9.80 Å². The highest BCUT2D eigenvalue weighted by molar-refractivity contribution is 5.87. The largest absolute Gasteiger partial charge is 0.459 e. The molecule has 4 aliphatic heterocycles. The second-order valence-electron chi connectivity index (χ2n) is 12.1. The summed E-state index contributed by atoms with van der Waals surface area (Å²) in [5.74, 6) is -2.12. The zero-order chi connectivity index (χ0) is 25.8. The summed E-state index contributed by atoms with van der Waals surface area (Å²) in [7, 11) is 0. The quantitative estimate of drug-likeness (QED) is 0.485. The molecule has 5 rings (SSSR count). The molecule has 6 atom stereocenters. The van der Waals surface area contributed by atoms with Gasteiger partial charge in [-0.15, -0.1) is 0 Å². The van der Waals surface area contributed by atoms with E-state index < -0.39 is 41.3 Å². The number of esters is 2. The van der Waals surface area contributed by atoms with Crippen LogP contribution in [0.4, 0.5) is 0 Å². The third kappa shape index (κ3) is 4.15. The summed E-state index contributed by atoms with van der Waals surface area (Å²) < 4.78 is 24.0. The molecule has 0 aromatic rings. The van der Waals surface area contributed by atoms with Gasteiger partial charge in [0, 0.05) is 30.6 Å². The summed E-state index contributed by atoms with van der Waals surface area (Å²) >= 11 is 0. The highest BCUT2D eigenvalue weighted by Gasteiger charge is 2.73. The lowest BCUT2D eigenvalue weighted by Gasteiger charge is -2.41. The molecule has 2 bridgehead atoms. The third-order valence-electron chi connectivity index (χ3n) is 9.39. The van der Waals surface area contributed by atoms with E-state index in [0.717, 1.165) is 32.1 Å². The minimum atomic E-state index is -0.791. The van der Waals surface area contributed by atoms with Crippen molar-refractivity contribution in [2.24, 2.45) is 17.8 Å². The Labute approximate surface area is 214 Å². The van der Waals surface area contributed by atoms with Crippen LogP contribution in [0.5, 0.6) is 0 Å². The number of carbonyl (C=O) groups is 3. The molecule has 1 amide bonds. The van der Waals surface area contributed by atoms with Crippen molar-refractivity contribution in [3.05, 3.63) is 0 Å². The number of carbonyl (C=O) groups excluding carboxylic acids is 3. The summed E-state index contributed by atoms with van der Waals surface area (Å²) in [6.45, 7) is 12.9. The van der Waals surface area contributed by atoms with Crippen LogP contribution in [0.3, 0.4) is 0 Å². The molecule has 5 aliphatic rings. The summed E-state index contributed by atoms with van der Waals surface area (Å²) in [4.78, 5) is 44.4. The van der Waals surface area contributed by atoms with Crippen molar-refractivity contribution in [2.75, 3.05) is 32.8 Å². The maximum atomic E-state index is 13.8. The molecule has 9 nitrogen and oxygen atoms in total. The number of morpholine rings is 1. The van der Waals surface area contributed by atoms with E-state index in [-0.39, 0.29) is 36.4 Å². The zero-order valence-electron chi connectivity index (χ0n) is 22.4. The molecule has 0 aromatic heterocycles. The first kappa shape index (κ1) is 25.9. The second-order valence-corrected chi connectivity index (χ2v) is 12.1. The van der Waals surface area contributed by atoms with Crippen molar-refractivity contribution in [2.45, 2.75) is 102 Å². The van der Waals surface area contributed by atoms with E-state index in [4.69, 9.17) is 18.9 Å². The zero-order valence-corrected chi connectivity index (χ0v) is 22.4. The topological polar surface area (TPSA) is 94.6 Å². The lowest BCUT2D eigenvalue weighted by Crippen LogP contribution is -2.55. The van der Waals surface area contributed by atoms with E-state index in [0.29, 0.717) is 26.3 Å². The molecule has 4 saturated heterocycles. The minimum absolute atomic E-state index is 0.0204. The van der Waals surface area contributed by atoms with Crippen LogP contribution < -0.4 is 0 Å². The predicted octanol–water partition coefficient (Wildman–Crippen LogP) is 2.16. The Hall–Kier alpha value is -1.71. The average Bonchev–Trinajstić information content (AvgIpc) is 3.56. The van der Waals surface area contributed by atoms with E-state index in [1.54, 1.807) is 0 Å². The van der Waals surface area contributed by atoms with Gasteiger partial charge >= 0.3 is 11.9 Å². The number of rotatable bonds is 7. The molecule has 0 N–H and O–H groups in total. The van der Waals surface area contributed by atoms with Crippen LogP contribution in [0.25, 0.3) is 0 Å². The Balaban J connectivity index is 1.41. The highest BCUT2D eigenvalue weighted by atomic mass is 16.6. The van der Waals surface area contributed by atoms with E-state index in [2.05, 4.69) is 20.8 Å². The normalized spacial score (nSPS) is 36.9. The highest BCUT2D eigenvalue weighted by Crippen LogP contribution is 2.58. The van der Waals surface area contributed by atoms with E-state index in [9.17, 15) is 14.4 Å². The van der Waals surface area contributed by atoms with Gasteiger partial charge in [0.1, 0.15) is 23.7 Å². The Kier molecular flexibility index (Phi) is 6.88. The fraction of sp³-hybridized carbons (Fsp3) is 0.889. The molecule has 6 unspecified atom stereocenters. The van der Waals surface area contributed by atoms with Gasteiger partial charge in [-0.2, -0.15) is 0 Å². The van der Waals surface area contributed by atoms with Crippen molar-refractivity contribution >= 4 is 17.8 Å². The van der Waals surface area contributed by atoms with Crippen LogP contribution in [-0.2, 0) is 33.3 Å². The first-order chi connectivity index (χ1) is 17.1. The van der Waals surface area contributed by atoms with Crippen molar-refractivity contribution in [3.8, 4) is 0 Å². The molecule has 4 heterocycles.